The fraction of sp³-hybridized carbons (Fsp3) is 0.391. The van der Waals surface area contributed by atoms with Crippen LogP contribution in [0.25, 0.3) is 11.1 Å². The maximum absolute atomic E-state index is 12.7. The van der Waals surface area contributed by atoms with E-state index in [1.165, 1.54) is 24.4 Å². The number of benzene rings is 1. The van der Waals surface area contributed by atoms with Gasteiger partial charge >= 0.3 is 0 Å². The molecule has 8 heteroatoms. The van der Waals surface area contributed by atoms with Gasteiger partial charge in [0.15, 0.2) is 0 Å². The Kier molecular flexibility index (Phi) is 6.58. The van der Waals surface area contributed by atoms with Gasteiger partial charge < -0.3 is 15.4 Å². The van der Waals surface area contributed by atoms with Crippen LogP contribution >= 0.6 is 11.5 Å². The van der Waals surface area contributed by atoms with Gasteiger partial charge in [0.2, 0.25) is 0 Å². The van der Waals surface area contributed by atoms with E-state index >= 15 is 0 Å². The van der Waals surface area contributed by atoms with Gasteiger partial charge in [-0.1, -0.05) is 6.42 Å². The molecule has 2 aromatic heterocycles. The second-order valence-corrected chi connectivity index (χ2v) is 8.49. The topological polar surface area (TPSA) is 89.0 Å². The molecule has 0 saturated carbocycles. The predicted molar refractivity (Wildman–Crippen MR) is 123 cm³/mol. The lowest BCUT2D eigenvalue weighted by atomic mass is 10.0. The van der Waals surface area contributed by atoms with Crippen LogP contribution in [0.1, 0.15) is 46.7 Å². The Bertz CT molecular complexity index is 1060. The van der Waals surface area contributed by atoms with Crippen molar-refractivity contribution >= 4 is 23.1 Å². The molecule has 0 bridgehead atoms. The third-order valence-corrected chi connectivity index (χ3v) is 6.30. The van der Waals surface area contributed by atoms with E-state index in [2.05, 4.69) is 25.0 Å². The first kappa shape index (κ1) is 21.4. The van der Waals surface area contributed by atoms with E-state index in [1.54, 1.807) is 11.7 Å². The summed E-state index contributed by atoms with van der Waals surface area (Å²) in [6.45, 7) is 7.39. The molecule has 1 aromatic carbocycles. The van der Waals surface area contributed by atoms with Gasteiger partial charge in [0.05, 0.1) is 11.3 Å². The minimum Gasteiger partial charge on any atom is -0.491 e. The second kappa shape index (κ2) is 9.53. The molecule has 1 unspecified atom stereocenters. The molecule has 1 saturated heterocycles. The van der Waals surface area contributed by atoms with E-state index in [-0.39, 0.29) is 5.91 Å². The van der Waals surface area contributed by atoms with Crippen LogP contribution in [0.5, 0.6) is 5.75 Å². The number of carbonyl (C=O) groups is 1. The van der Waals surface area contributed by atoms with Crippen LogP contribution in [0, 0.1) is 20.8 Å². The highest BCUT2D eigenvalue weighted by Crippen LogP contribution is 2.36. The normalized spacial score (nSPS) is 16.2. The number of piperidine rings is 1. The molecule has 7 nitrogen and oxygen atoms in total. The van der Waals surface area contributed by atoms with Crippen molar-refractivity contribution < 1.29 is 9.53 Å². The van der Waals surface area contributed by atoms with Crippen LogP contribution in [0.4, 0.5) is 5.69 Å². The molecule has 1 fully saturated rings. The zero-order chi connectivity index (χ0) is 21.8. The lowest BCUT2D eigenvalue weighted by Gasteiger charge is -2.24. The Morgan fingerprint density at radius 1 is 1.19 bits per heavy atom. The number of hydrogen-bond donors (Lipinski definition) is 2. The molecule has 1 atom stereocenters. The number of nitrogens with zero attached hydrogens (tertiary/aromatic N) is 3. The van der Waals surface area contributed by atoms with Crippen molar-refractivity contribution in [2.45, 2.75) is 46.1 Å². The quantitative estimate of drug-likeness (QED) is 0.598. The van der Waals surface area contributed by atoms with E-state index < -0.39 is 0 Å². The van der Waals surface area contributed by atoms with E-state index in [4.69, 9.17) is 4.74 Å². The number of anilines is 1. The molecule has 0 spiro atoms. The number of hydrogen-bond acceptors (Lipinski definition) is 7. The number of nitrogens with one attached hydrogen (secondary N) is 2. The summed E-state index contributed by atoms with van der Waals surface area (Å²) in [4.78, 5) is 21.4. The van der Waals surface area contributed by atoms with Crippen LogP contribution in [0.15, 0.2) is 29.9 Å². The maximum atomic E-state index is 12.7. The minimum atomic E-state index is -0.171. The number of aromatic nitrogens is 3. The largest absolute Gasteiger partial charge is 0.491 e. The Morgan fingerprint density at radius 3 is 2.68 bits per heavy atom. The van der Waals surface area contributed by atoms with Crippen molar-refractivity contribution in [1.29, 1.82) is 0 Å². The van der Waals surface area contributed by atoms with Crippen molar-refractivity contribution in [2.75, 3.05) is 18.5 Å². The highest BCUT2D eigenvalue weighted by Gasteiger charge is 2.19. The lowest BCUT2D eigenvalue weighted by Crippen LogP contribution is -2.38. The van der Waals surface area contributed by atoms with Crippen LogP contribution in [-0.4, -0.2) is 39.4 Å². The molecule has 0 aliphatic carbocycles. The molecule has 1 aliphatic rings. The summed E-state index contributed by atoms with van der Waals surface area (Å²) in [7, 11) is 0. The Hall–Kier alpha value is -2.84. The van der Waals surface area contributed by atoms with Crippen LogP contribution in [0.3, 0.4) is 0 Å². The third-order valence-electron chi connectivity index (χ3n) is 5.58. The molecule has 2 N–H and O–H groups in total. The Labute approximate surface area is 186 Å². The van der Waals surface area contributed by atoms with Crippen molar-refractivity contribution in [3.63, 3.8) is 0 Å². The minimum absolute atomic E-state index is 0.171. The number of carbonyl (C=O) groups excluding carboxylic acids is 1. The first-order valence-electron chi connectivity index (χ1n) is 10.5. The summed E-state index contributed by atoms with van der Waals surface area (Å²) in [5.74, 6) is 0.592. The van der Waals surface area contributed by atoms with Crippen molar-refractivity contribution in [3.05, 3.63) is 52.6 Å². The third kappa shape index (κ3) is 4.91. The lowest BCUT2D eigenvalue weighted by molar-refractivity contribution is 0.102. The van der Waals surface area contributed by atoms with Gasteiger partial charge in [0.25, 0.3) is 5.91 Å². The number of aryl methyl sites for hydroxylation is 3. The average Bonchev–Trinajstić information content (AvgIpc) is 3.20. The molecular formula is C23H27N5O2S. The van der Waals surface area contributed by atoms with E-state index in [0.717, 1.165) is 46.9 Å². The van der Waals surface area contributed by atoms with E-state index in [0.29, 0.717) is 23.9 Å². The fourth-order valence-corrected chi connectivity index (χ4v) is 4.57. The van der Waals surface area contributed by atoms with Crippen LogP contribution < -0.4 is 15.4 Å². The van der Waals surface area contributed by atoms with Gasteiger partial charge in [-0.25, -0.2) is 9.97 Å². The summed E-state index contributed by atoms with van der Waals surface area (Å²) in [6.07, 6.45) is 5.12. The SMILES string of the molecule is Cc1nscc1C(=O)Nc1ccc(OCC2CCCCN2)c(-c2c(C)ncnc2C)c1. The van der Waals surface area contributed by atoms with Gasteiger partial charge in [-0.3, -0.25) is 4.79 Å². The smallest absolute Gasteiger partial charge is 0.258 e. The first-order valence-corrected chi connectivity index (χ1v) is 11.4. The van der Waals surface area contributed by atoms with Gasteiger partial charge in [-0.05, 0) is 69.9 Å². The summed E-state index contributed by atoms with van der Waals surface area (Å²) in [6, 6.07) is 6.08. The molecule has 1 amide bonds. The van der Waals surface area contributed by atoms with Crippen LogP contribution in [-0.2, 0) is 0 Å². The molecule has 31 heavy (non-hydrogen) atoms. The molecule has 3 aromatic rings. The van der Waals surface area contributed by atoms with Gasteiger partial charge in [0.1, 0.15) is 18.7 Å². The van der Waals surface area contributed by atoms with Crippen LogP contribution in [0.2, 0.25) is 0 Å². The molecule has 4 rings (SSSR count). The zero-order valence-corrected chi connectivity index (χ0v) is 18.9. The van der Waals surface area contributed by atoms with Gasteiger partial charge in [0, 0.05) is 39.6 Å². The number of rotatable bonds is 6. The Balaban J connectivity index is 1.64. The van der Waals surface area contributed by atoms with Crippen molar-refractivity contribution in [3.8, 4) is 16.9 Å². The van der Waals surface area contributed by atoms with E-state index in [1.807, 2.05) is 39.0 Å². The highest BCUT2D eigenvalue weighted by atomic mass is 32.1. The monoisotopic (exact) mass is 437 g/mol. The number of ether oxygens (including phenoxy) is 1. The summed E-state index contributed by atoms with van der Waals surface area (Å²) in [5.41, 5.74) is 5.56. The molecule has 1 aliphatic heterocycles. The maximum Gasteiger partial charge on any atom is 0.258 e. The summed E-state index contributed by atoms with van der Waals surface area (Å²) < 4.78 is 10.4. The molecular weight excluding hydrogens is 410 g/mol. The Morgan fingerprint density at radius 2 is 2.00 bits per heavy atom. The summed E-state index contributed by atoms with van der Waals surface area (Å²) >= 11 is 1.28. The van der Waals surface area contributed by atoms with E-state index in [9.17, 15) is 4.79 Å². The van der Waals surface area contributed by atoms with Gasteiger partial charge in [-0.15, -0.1) is 0 Å². The number of amides is 1. The second-order valence-electron chi connectivity index (χ2n) is 7.86. The standard InChI is InChI=1S/C23H27N5O2S/c1-14-20(12-31-28-14)23(29)27-17-7-8-21(30-11-18-6-4-5-9-24-18)19(10-17)22-15(2)25-13-26-16(22)3/h7-8,10,12-13,18,24H,4-6,9,11H2,1-3H3,(H,27,29). The van der Waals surface area contributed by atoms with Gasteiger partial charge in [-0.2, -0.15) is 4.37 Å². The molecule has 3 heterocycles. The highest BCUT2D eigenvalue weighted by molar-refractivity contribution is 7.04. The van der Waals surface area contributed by atoms with Crippen molar-refractivity contribution in [2.24, 2.45) is 0 Å². The summed E-state index contributed by atoms with van der Waals surface area (Å²) in [5, 5.41) is 8.27. The molecule has 0 radical (unpaired) electrons. The average molecular weight is 438 g/mol. The first-order chi connectivity index (χ1) is 15.0. The predicted octanol–water partition coefficient (Wildman–Crippen LogP) is 4.30. The fourth-order valence-electron chi connectivity index (χ4n) is 3.88. The molecule has 162 valence electrons. The zero-order valence-electron chi connectivity index (χ0n) is 18.1. The van der Waals surface area contributed by atoms with Crippen molar-refractivity contribution in [1.82, 2.24) is 19.7 Å².